The number of carbonyl (C=O) groups is 1. The number of aldehydes is 1. The largest absolute Gasteiger partial charge is 0.301 e. The van der Waals surface area contributed by atoms with Crippen LogP contribution in [0.15, 0.2) is 0 Å². The first kappa shape index (κ1) is 6.59. The van der Waals surface area contributed by atoms with E-state index in [4.69, 9.17) is 5.73 Å². The second-order valence-corrected chi connectivity index (χ2v) is 4.48. The molecule has 0 saturated heterocycles. The average Bonchev–Trinajstić information content (AvgIpc) is 1.35. The van der Waals surface area contributed by atoms with Crippen LogP contribution in [-0.4, -0.2) is 9.64 Å². The summed E-state index contributed by atoms with van der Waals surface area (Å²) in [4.78, 5) is 9.61. The van der Waals surface area contributed by atoms with E-state index in [0.717, 1.165) is 0 Å². The summed E-state index contributed by atoms with van der Waals surface area (Å²) in [5.41, 5.74) is 5.00. The van der Waals surface area contributed by atoms with Gasteiger partial charge < -0.3 is 5.73 Å². The highest BCUT2D eigenvalue weighted by Gasteiger charge is 2.11. The van der Waals surface area contributed by atoms with Gasteiger partial charge in [-0.05, 0) is 31.9 Å². The van der Waals surface area contributed by atoms with E-state index in [1.807, 2.05) is 0 Å². The first-order chi connectivity index (χ1) is 2.56. The smallest absolute Gasteiger partial charge is 0.183 e. The van der Waals surface area contributed by atoms with Crippen LogP contribution in [0.2, 0.25) is 0 Å². The molecule has 0 aliphatic heterocycles. The SMILES string of the molecule is NC(Br)(Br)C=O. The van der Waals surface area contributed by atoms with Crippen LogP contribution in [0.25, 0.3) is 0 Å². The summed E-state index contributed by atoms with van der Waals surface area (Å²) in [6.07, 6.45) is 0.549. The Hall–Kier alpha value is 0.590. The van der Waals surface area contributed by atoms with Gasteiger partial charge in [0, 0.05) is 0 Å². The molecule has 0 aromatic rings. The summed E-state index contributed by atoms with van der Waals surface area (Å²) in [6.45, 7) is 0. The van der Waals surface area contributed by atoms with Crippen molar-refractivity contribution in [3.05, 3.63) is 0 Å². The van der Waals surface area contributed by atoms with Crippen molar-refractivity contribution in [3.63, 3.8) is 0 Å². The fraction of sp³-hybridized carbons (Fsp3) is 0.500. The van der Waals surface area contributed by atoms with E-state index in [2.05, 4.69) is 31.9 Å². The normalized spacial score (nSPS) is 11.2. The Bertz CT molecular complexity index is 57.1. The number of hydrogen-bond acceptors (Lipinski definition) is 2. The Labute approximate surface area is 52.3 Å². The molecule has 0 radical (unpaired) electrons. The van der Waals surface area contributed by atoms with Crippen LogP contribution in [-0.2, 0) is 4.79 Å². The van der Waals surface area contributed by atoms with Crippen molar-refractivity contribution in [3.8, 4) is 0 Å². The van der Waals surface area contributed by atoms with Gasteiger partial charge in [-0.2, -0.15) is 0 Å². The maximum Gasteiger partial charge on any atom is 0.183 e. The number of rotatable bonds is 1. The molecule has 0 aromatic heterocycles. The van der Waals surface area contributed by atoms with Gasteiger partial charge in [0.15, 0.2) is 9.64 Å². The molecule has 0 aliphatic carbocycles. The summed E-state index contributed by atoms with van der Waals surface area (Å²) in [7, 11) is 0. The molecule has 6 heavy (non-hydrogen) atoms. The predicted molar refractivity (Wildman–Crippen MR) is 30.8 cm³/mol. The molecular formula is C2H3Br2NO. The van der Waals surface area contributed by atoms with E-state index >= 15 is 0 Å². The van der Waals surface area contributed by atoms with Gasteiger partial charge in [0.25, 0.3) is 0 Å². The number of nitrogens with two attached hydrogens (primary N) is 1. The predicted octanol–water partition coefficient (Wildman–Crippen LogP) is 0.588. The summed E-state index contributed by atoms with van der Waals surface area (Å²) in [5, 5.41) is 0. The molecule has 0 saturated carbocycles. The lowest BCUT2D eigenvalue weighted by atomic mass is 10.8. The monoisotopic (exact) mass is 215 g/mol. The molecule has 0 rings (SSSR count). The minimum atomic E-state index is -1.01. The molecule has 2 N–H and O–H groups in total. The highest BCUT2D eigenvalue weighted by molar-refractivity contribution is 9.25. The third-order valence-corrected chi connectivity index (χ3v) is 0.531. The number of carbonyl (C=O) groups excluding carboxylic acids is 1. The quantitative estimate of drug-likeness (QED) is 0.396. The van der Waals surface area contributed by atoms with Gasteiger partial charge in [0.1, 0.15) is 0 Å². The van der Waals surface area contributed by atoms with Gasteiger partial charge in [0.05, 0.1) is 0 Å². The van der Waals surface area contributed by atoms with Crippen molar-refractivity contribution in [2.24, 2.45) is 5.73 Å². The Morgan fingerprint density at radius 2 is 1.83 bits per heavy atom. The molecule has 2 nitrogen and oxygen atoms in total. The van der Waals surface area contributed by atoms with Crippen molar-refractivity contribution in [2.75, 3.05) is 0 Å². The summed E-state index contributed by atoms with van der Waals surface area (Å²) < 4.78 is -1.01. The molecule has 0 heterocycles. The molecule has 0 amide bonds. The zero-order valence-electron chi connectivity index (χ0n) is 2.82. The first-order valence-electron chi connectivity index (χ1n) is 1.19. The molecule has 0 aromatic carbocycles. The maximum absolute atomic E-state index is 9.61. The zero-order chi connectivity index (χ0) is 5.21. The third kappa shape index (κ3) is 4.59. The molecule has 0 spiro atoms. The minimum Gasteiger partial charge on any atom is -0.301 e. The van der Waals surface area contributed by atoms with Crippen molar-refractivity contribution in [1.82, 2.24) is 0 Å². The van der Waals surface area contributed by atoms with Gasteiger partial charge in [-0.25, -0.2) is 0 Å². The first-order valence-corrected chi connectivity index (χ1v) is 2.78. The Morgan fingerprint density at radius 3 is 1.83 bits per heavy atom. The van der Waals surface area contributed by atoms with Gasteiger partial charge in [-0.15, -0.1) is 0 Å². The van der Waals surface area contributed by atoms with Gasteiger partial charge in [-0.3, -0.25) is 4.79 Å². The Kier molecular flexibility index (Phi) is 2.25. The molecule has 0 atom stereocenters. The van der Waals surface area contributed by atoms with Crippen LogP contribution in [0.5, 0.6) is 0 Å². The maximum atomic E-state index is 9.61. The van der Waals surface area contributed by atoms with Crippen LogP contribution >= 0.6 is 31.9 Å². The van der Waals surface area contributed by atoms with Crippen molar-refractivity contribution in [1.29, 1.82) is 0 Å². The van der Waals surface area contributed by atoms with Crippen LogP contribution in [0.1, 0.15) is 0 Å². The molecule has 0 bridgehead atoms. The van der Waals surface area contributed by atoms with E-state index in [1.165, 1.54) is 0 Å². The number of halogens is 2. The molecule has 0 aliphatic rings. The highest BCUT2D eigenvalue weighted by atomic mass is 79.9. The Balaban J connectivity index is 3.45. The van der Waals surface area contributed by atoms with E-state index in [1.54, 1.807) is 0 Å². The lowest BCUT2D eigenvalue weighted by molar-refractivity contribution is -0.107. The molecule has 0 unspecified atom stereocenters. The van der Waals surface area contributed by atoms with E-state index in [-0.39, 0.29) is 0 Å². The standard InChI is InChI=1S/C2H3Br2NO/c3-2(4,5)1-6/h1H,5H2. The van der Waals surface area contributed by atoms with Crippen LogP contribution < -0.4 is 5.73 Å². The lowest BCUT2D eigenvalue weighted by Crippen LogP contribution is -2.24. The fourth-order valence-electron chi connectivity index (χ4n) is 0. The topological polar surface area (TPSA) is 43.1 Å². The van der Waals surface area contributed by atoms with E-state index in [0.29, 0.717) is 6.29 Å². The van der Waals surface area contributed by atoms with Gasteiger partial charge in [0.2, 0.25) is 0 Å². The molecule has 4 heteroatoms. The van der Waals surface area contributed by atoms with Crippen LogP contribution in [0, 0.1) is 0 Å². The van der Waals surface area contributed by atoms with Gasteiger partial charge >= 0.3 is 0 Å². The molecule has 0 fully saturated rings. The zero-order valence-corrected chi connectivity index (χ0v) is 5.99. The van der Waals surface area contributed by atoms with Crippen LogP contribution in [0.4, 0.5) is 0 Å². The lowest BCUT2D eigenvalue weighted by Gasteiger charge is -1.98. The summed E-state index contributed by atoms with van der Waals surface area (Å²) in [5.74, 6) is 0. The number of hydrogen-bond donors (Lipinski definition) is 1. The fourth-order valence-corrected chi connectivity index (χ4v) is 0. The second-order valence-electron chi connectivity index (χ2n) is 0.792. The van der Waals surface area contributed by atoms with Crippen molar-refractivity contribution >= 4 is 38.1 Å². The third-order valence-electron chi connectivity index (χ3n) is 0.157. The summed E-state index contributed by atoms with van der Waals surface area (Å²) >= 11 is 5.61. The van der Waals surface area contributed by atoms with Crippen LogP contribution in [0.3, 0.4) is 0 Å². The summed E-state index contributed by atoms with van der Waals surface area (Å²) in [6, 6.07) is 0. The molecule has 36 valence electrons. The highest BCUT2D eigenvalue weighted by Crippen LogP contribution is 2.13. The number of alkyl halides is 2. The van der Waals surface area contributed by atoms with E-state index in [9.17, 15) is 4.79 Å². The molecular weight excluding hydrogens is 214 g/mol. The van der Waals surface area contributed by atoms with Gasteiger partial charge in [-0.1, -0.05) is 0 Å². The average molecular weight is 217 g/mol. The van der Waals surface area contributed by atoms with Crippen molar-refractivity contribution < 1.29 is 4.79 Å². The van der Waals surface area contributed by atoms with E-state index < -0.39 is 3.36 Å². The minimum absolute atomic E-state index is 0.549. The van der Waals surface area contributed by atoms with Crippen molar-refractivity contribution in [2.45, 2.75) is 3.36 Å². The Morgan fingerprint density at radius 1 is 1.67 bits per heavy atom. The second kappa shape index (κ2) is 2.04.